The summed E-state index contributed by atoms with van der Waals surface area (Å²) in [5.74, 6) is 0.00581. The van der Waals surface area contributed by atoms with Crippen molar-refractivity contribution in [2.75, 3.05) is 24.2 Å². The molecule has 1 atom stereocenters. The number of nitrogens with one attached hydrogen (secondary N) is 3. The lowest BCUT2D eigenvalue weighted by atomic mass is 10.2. The normalized spacial score (nSPS) is 11.7. The number of hydrogen-bond acceptors (Lipinski definition) is 6. The highest BCUT2D eigenvalue weighted by Gasteiger charge is 2.22. The smallest absolute Gasteiger partial charge is 0.325 e. The maximum Gasteiger partial charge on any atom is 0.325 e. The number of imide groups is 1. The Morgan fingerprint density at radius 2 is 1.88 bits per heavy atom. The van der Waals surface area contributed by atoms with Gasteiger partial charge in [0.05, 0.1) is 12.6 Å². The van der Waals surface area contributed by atoms with Gasteiger partial charge in [-0.05, 0) is 33.0 Å². The Morgan fingerprint density at radius 3 is 2.50 bits per heavy atom. The van der Waals surface area contributed by atoms with Crippen LogP contribution < -0.4 is 16.0 Å². The lowest BCUT2D eigenvalue weighted by molar-refractivity contribution is -0.125. The van der Waals surface area contributed by atoms with Gasteiger partial charge in [0.15, 0.2) is 5.82 Å². The van der Waals surface area contributed by atoms with E-state index in [1.165, 1.54) is 4.90 Å². The van der Waals surface area contributed by atoms with E-state index in [2.05, 4.69) is 21.1 Å². The Bertz CT molecular complexity index is 774. The summed E-state index contributed by atoms with van der Waals surface area (Å²) in [6, 6.07) is 9.01. The number of aromatic nitrogens is 1. The second-order valence-corrected chi connectivity index (χ2v) is 5.77. The molecule has 26 heavy (non-hydrogen) atoms. The number of hydrogen-bond donors (Lipinski definition) is 3. The molecule has 2 rings (SSSR count). The van der Waals surface area contributed by atoms with Crippen molar-refractivity contribution in [3.63, 3.8) is 0 Å². The number of benzene rings is 1. The Balaban J connectivity index is 1.80. The Labute approximate surface area is 150 Å². The largest absolute Gasteiger partial charge is 0.360 e. The van der Waals surface area contributed by atoms with E-state index in [0.717, 1.165) is 0 Å². The predicted molar refractivity (Wildman–Crippen MR) is 95.6 cm³/mol. The number of anilines is 2. The van der Waals surface area contributed by atoms with Crippen LogP contribution >= 0.6 is 0 Å². The average Bonchev–Trinajstić information content (AvgIpc) is 2.99. The van der Waals surface area contributed by atoms with E-state index in [4.69, 9.17) is 4.52 Å². The average molecular weight is 359 g/mol. The number of urea groups is 1. The van der Waals surface area contributed by atoms with Crippen molar-refractivity contribution in [2.45, 2.75) is 19.9 Å². The summed E-state index contributed by atoms with van der Waals surface area (Å²) in [6.07, 6.45) is 0. The van der Waals surface area contributed by atoms with Crippen LogP contribution in [0, 0.1) is 6.92 Å². The van der Waals surface area contributed by atoms with Crippen LogP contribution in [-0.2, 0) is 9.59 Å². The summed E-state index contributed by atoms with van der Waals surface area (Å²) in [5, 5.41) is 11.0. The first kappa shape index (κ1) is 19.1. The molecule has 2 aromatic rings. The third kappa shape index (κ3) is 5.71. The maximum absolute atomic E-state index is 12.2. The van der Waals surface area contributed by atoms with Gasteiger partial charge in [0.1, 0.15) is 5.76 Å². The van der Waals surface area contributed by atoms with Crippen molar-refractivity contribution in [3.05, 3.63) is 42.2 Å². The van der Waals surface area contributed by atoms with Gasteiger partial charge < -0.3 is 15.2 Å². The lowest BCUT2D eigenvalue weighted by Crippen LogP contribution is -2.48. The molecule has 1 heterocycles. The molecule has 1 aromatic heterocycles. The van der Waals surface area contributed by atoms with Crippen LogP contribution in [0.15, 0.2) is 40.9 Å². The third-order valence-corrected chi connectivity index (χ3v) is 3.60. The van der Waals surface area contributed by atoms with Crippen molar-refractivity contribution >= 4 is 29.4 Å². The molecule has 0 fully saturated rings. The molecular formula is C17H21N5O4. The molecular weight excluding hydrogens is 338 g/mol. The molecule has 4 amide bonds. The van der Waals surface area contributed by atoms with Gasteiger partial charge in [0.2, 0.25) is 11.8 Å². The first-order valence-corrected chi connectivity index (χ1v) is 7.95. The number of amides is 4. The minimum absolute atomic E-state index is 0.0548. The number of rotatable bonds is 6. The van der Waals surface area contributed by atoms with E-state index < -0.39 is 18.0 Å². The summed E-state index contributed by atoms with van der Waals surface area (Å²) in [5.41, 5.74) is 0.570. The molecule has 3 N–H and O–H groups in total. The van der Waals surface area contributed by atoms with Gasteiger partial charge in [-0.2, -0.15) is 0 Å². The molecule has 0 radical (unpaired) electrons. The summed E-state index contributed by atoms with van der Waals surface area (Å²) >= 11 is 0. The van der Waals surface area contributed by atoms with Crippen LogP contribution in [0.5, 0.6) is 0 Å². The number of para-hydroxylation sites is 1. The summed E-state index contributed by atoms with van der Waals surface area (Å²) in [7, 11) is 1.60. The predicted octanol–water partition coefficient (Wildman–Crippen LogP) is 1.59. The fourth-order valence-electron chi connectivity index (χ4n) is 2.07. The summed E-state index contributed by atoms with van der Waals surface area (Å²) < 4.78 is 4.86. The van der Waals surface area contributed by atoms with Gasteiger partial charge in [-0.1, -0.05) is 23.4 Å². The van der Waals surface area contributed by atoms with Gasteiger partial charge in [0, 0.05) is 11.8 Å². The lowest BCUT2D eigenvalue weighted by Gasteiger charge is -2.22. The van der Waals surface area contributed by atoms with Gasteiger partial charge in [0.25, 0.3) is 0 Å². The fraction of sp³-hybridized carbons (Fsp3) is 0.294. The number of carbonyl (C=O) groups is 3. The maximum atomic E-state index is 12.2. The van der Waals surface area contributed by atoms with Crippen molar-refractivity contribution in [2.24, 2.45) is 0 Å². The van der Waals surface area contributed by atoms with E-state index >= 15 is 0 Å². The molecule has 0 saturated heterocycles. The monoisotopic (exact) mass is 359 g/mol. The van der Waals surface area contributed by atoms with Crippen LogP contribution in [0.25, 0.3) is 0 Å². The molecule has 0 aliphatic heterocycles. The standard InChI is InChI=1S/C17H21N5O4/c1-11-9-14(21-26-11)19-15(23)10-22(3)12(2)16(24)20-17(25)18-13-7-5-4-6-8-13/h4-9,12H,10H2,1-3H3,(H,19,21,23)(H2,18,20,24,25)/t12-/m1/s1. The minimum Gasteiger partial charge on any atom is -0.360 e. The topological polar surface area (TPSA) is 117 Å². The van der Waals surface area contributed by atoms with Crippen LogP contribution in [0.2, 0.25) is 0 Å². The first-order valence-electron chi connectivity index (χ1n) is 7.95. The highest BCUT2D eigenvalue weighted by molar-refractivity contribution is 6.03. The Morgan fingerprint density at radius 1 is 1.19 bits per heavy atom. The Kier molecular flexibility index (Phi) is 6.45. The van der Waals surface area contributed by atoms with Gasteiger partial charge in [-0.3, -0.25) is 19.8 Å². The molecule has 0 aliphatic rings. The Hall–Kier alpha value is -3.20. The highest BCUT2D eigenvalue weighted by atomic mass is 16.5. The zero-order valence-electron chi connectivity index (χ0n) is 14.8. The van der Waals surface area contributed by atoms with Gasteiger partial charge in [-0.25, -0.2) is 4.79 Å². The van der Waals surface area contributed by atoms with E-state index in [0.29, 0.717) is 17.3 Å². The van der Waals surface area contributed by atoms with Crippen LogP contribution in [-0.4, -0.2) is 47.5 Å². The van der Waals surface area contributed by atoms with Crippen molar-refractivity contribution < 1.29 is 18.9 Å². The molecule has 0 unspecified atom stereocenters. The number of carbonyl (C=O) groups excluding carboxylic acids is 3. The fourth-order valence-corrected chi connectivity index (χ4v) is 2.07. The number of nitrogens with zero attached hydrogens (tertiary/aromatic N) is 2. The molecule has 0 aliphatic carbocycles. The molecule has 9 heteroatoms. The van der Waals surface area contributed by atoms with E-state index in [9.17, 15) is 14.4 Å². The van der Waals surface area contributed by atoms with E-state index in [-0.39, 0.29) is 12.5 Å². The molecule has 0 bridgehead atoms. The minimum atomic E-state index is -0.693. The second kappa shape index (κ2) is 8.77. The highest BCUT2D eigenvalue weighted by Crippen LogP contribution is 2.07. The van der Waals surface area contributed by atoms with Crippen LogP contribution in [0.1, 0.15) is 12.7 Å². The van der Waals surface area contributed by atoms with Gasteiger partial charge in [-0.15, -0.1) is 0 Å². The molecule has 138 valence electrons. The zero-order chi connectivity index (χ0) is 19.1. The van der Waals surface area contributed by atoms with Crippen LogP contribution in [0.3, 0.4) is 0 Å². The van der Waals surface area contributed by atoms with Crippen LogP contribution in [0.4, 0.5) is 16.3 Å². The SMILES string of the molecule is Cc1cc(NC(=O)CN(C)[C@H](C)C(=O)NC(=O)Nc2ccccc2)no1. The number of likely N-dealkylation sites (N-methyl/N-ethyl adjacent to an activating group) is 1. The van der Waals surface area contributed by atoms with E-state index in [1.807, 2.05) is 6.07 Å². The molecule has 9 nitrogen and oxygen atoms in total. The molecule has 0 saturated carbocycles. The summed E-state index contributed by atoms with van der Waals surface area (Å²) in [6.45, 7) is 3.25. The third-order valence-electron chi connectivity index (χ3n) is 3.60. The zero-order valence-corrected chi connectivity index (χ0v) is 14.8. The quantitative estimate of drug-likeness (QED) is 0.721. The van der Waals surface area contributed by atoms with Crippen molar-refractivity contribution in [3.8, 4) is 0 Å². The molecule has 0 spiro atoms. The number of aryl methyl sites for hydroxylation is 1. The second-order valence-electron chi connectivity index (χ2n) is 5.77. The van der Waals surface area contributed by atoms with Crippen molar-refractivity contribution in [1.82, 2.24) is 15.4 Å². The summed E-state index contributed by atoms with van der Waals surface area (Å²) in [4.78, 5) is 37.5. The molecule has 1 aromatic carbocycles. The van der Waals surface area contributed by atoms with Crippen molar-refractivity contribution in [1.29, 1.82) is 0 Å². The van der Waals surface area contributed by atoms with Gasteiger partial charge >= 0.3 is 6.03 Å². The van der Waals surface area contributed by atoms with E-state index in [1.54, 1.807) is 51.2 Å². The first-order chi connectivity index (χ1) is 12.3.